The fraction of sp³-hybridized carbons (Fsp3) is 0.250. The number of benzene rings is 2. The highest BCUT2D eigenvalue weighted by molar-refractivity contribution is 5.95. The summed E-state index contributed by atoms with van der Waals surface area (Å²) < 4.78 is 0. The number of anilines is 2. The number of hydrogen-bond acceptors (Lipinski definition) is 3. The Morgan fingerprint density at radius 1 is 0.893 bits per heavy atom. The van der Waals surface area contributed by atoms with Gasteiger partial charge in [0.15, 0.2) is 0 Å². The van der Waals surface area contributed by atoms with Crippen LogP contribution in [0.25, 0.3) is 0 Å². The summed E-state index contributed by atoms with van der Waals surface area (Å²) in [4.78, 5) is 21.7. The number of nitrogens with zero attached hydrogens (tertiary/aromatic N) is 3. The SMILES string of the molecule is O=C(c1ccnc(N(Cc2ccccc2)c2ccccc2)c1)N1CCCCC1. The van der Waals surface area contributed by atoms with Gasteiger partial charge in [0.05, 0.1) is 0 Å². The van der Waals surface area contributed by atoms with Crippen LogP contribution in [0.1, 0.15) is 35.2 Å². The van der Waals surface area contributed by atoms with Crippen LogP contribution in [0.4, 0.5) is 11.5 Å². The topological polar surface area (TPSA) is 36.4 Å². The van der Waals surface area contributed by atoms with Crippen LogP contribution >= 0.6 is 0 Å². The van der Waals surface area contributed by atoms with Gasteiger partial charge in [-0.2, -0.15) is 0 Å². The molecule has 142 valence electrons. The van der Waals surface area contributed by atoms with Gasteiger partial charge in [0.1, 0.15) is 5.82 Å². The van der Waals surface area contributed by atoms with Crippen LogP contribution in [0.5, 0.6) is 0 Å². The molecule has 0 unspecified atom stereocenters. The molecule has 0 bridgehead atoms. The predicted molar refractivity (Wildman–Crippen MR) is 113 cm³/mol. The second kappa shape index (κ2) is 8.70. The molecule has 0 radical (unpaired) electrons. The van der Waals surface area contributed by atoms with Crippen molar-refractivity contribution in [1.29, 1.82) is 0 Å². The Morgan fingerprint density at radius 3 is 2.29 bits per heavy atom. The van der Waals surface area contributed by atoms with E-state index < -0.39 is 0 Å². The van der Waals surface area contributed by atoms with E-state index in [-0.39, 0.29) is 5.91 Å². The van der Waals surface area contributed by atoms with Crippen molar-refractivity contribution in [3.05, 3.63) is 90.1 Å². The summed E-state index contributed by atoms with van der Waals surface area (Å²) in [6, 6.07) is 24.3. The highest BCUT2D eigenvalue weighted by Gasteiger charge is 2.20. The molecule has 1 saturated heterocycles. The molecule has 1 amide bonds. The van der Waals surface area contributed by atoms with E-state index >= 15 is 0 Å². The highest BCUT2D eigenvalue weighted by atomic mass is 16.2. The first-order chi connectivity index (χ1) is 13.8. The van der Waals surface area contributed by atoms with Crippen molar-refractivity contribution >= 4 is 17.4 Å². The molecular weight excluding hydrogens is 346 g/mol. The lowest BCUT2D eigenvalue weighted by molar-refractivity contribution is 0.0724. The van der Waals surface area contributed by atoms with E-state index in [4.69, 9.17) is 0 Å². The zero-order valence-electron chi connectivity index (χ0n) is 16.0. The molecule has 1 aliphatic rings. The summed E-state index contributed by atoms with van der Waals surface area (Å²) in [6.45, 7) is 2.39. The van der Waals surface area contributed by atoms with E-state index in [0.717, 1.165) is 37.4 Å². The summed E-state index contributed by atoms with van der Waals surface area (Å²) in [5.74, 6) is 0.897. The summed E-state index contributed by atoms with van der Waals surface area (Å²) in [5.41, 5.74) is 2.96. The van der Waals surface area contributed by atoms with Crippen LogP contribution in [-0.4, -0.2) is 28.9 Å². The van der Waals surface area contributed by atoms with Gasteiger partial charge in [0.25, 0.3) is 5.91 Å². The maximum atomic E-state index is 12.9. The Kier molecular flexibility index (Phi) is 5.66. The number of hydrogen-bond donors (Lipinski definition) is 0. The van der Waals surface area contributed by atoms with Gasteiger partial charge in [-0.1, -0.05) is 48.5 Å². The number of piperidine rings is 1. The van der Waals surface area contributed by atoms with Gasteiger partial charge in [-0.15, -0.1) is 0 Å². The number of amides is 1. The molecule has 28 heavy (non-hydrogen) atoms. The Morgan fingerprint density at radius 2 is 1.57 bits per heavy atom. The second-order valence-electron chi connectivity index (χ2n) is 7.16. The van der Waals surface area contributed by atoms with Gasteiger partial charge < -0.3 is 9.80 Å². The van der Waals surface area contributed by atoms with Crippen molar-refractivity contribution in [2.45, 2.75) is 25.8 Å². The number of para-hydroxylation sites is 1. The zero-order chi connectivity index (χ0) is 19.2. The Balaban J connectivity index is 1.65. The normalized spacial score (nSPS) is 13.9. The van der Waals surface area contributed by atoms with Crippen molar-refractivity contribution in [2.75, 3.05) is 18.0 Å². The first kappa shape index (κ1) is 18.2. The van der Waals surface area contributed by atoms with Gasteiger partial charge in [-0.3, -0.25) is 4.79 Å². The lowest BCUT2D eigenvalue weighted by atomic mass is 10.1. The standard InChI is InChI=1S/C24H25N3O/c28-24(26-16-8-3-9-17-26)21-14-15-25-23(18-21)27(22-12-6-2-7-13-22)19-20-10-4-1-5-11-20/h1-2,4-7,10-15,18H,3,8-9,16-17,19H2. The van der Waals surface area contributed by atoms with E-state index in [9.17, 15) is 4.79 Å². The minimum atomic E-state index is 0.107. The zero-order valence-corrected chi connectivity index (χ0v) is 16.0. The molecule has 1 aromatic heterocycles. The molecule has 0 aliphatic carbocycles. The van der Waals surface area contributed by atoms with Gasteiger partial charge in [-0.25, -0.2) is 4.98 Å². The Labute approximate surface area is 166 Å². The van der Waals surface area contributed by atoms with E-state index in [2.05, 4.69) is 34.1 Å². The van der Waals surface area contributed by atoms with Gasteiger partial charge in [0.2, 0.25) is 0 Å². The molecule has 0 saturated carbocycles. The van der Waals surface area contributed by atoms with Crippen LogP contribution in [0.3, 0.4) is 0 Å². The average molecular weight is 371 g/mol. The highest BCUT2D eigenvalue weighted by Crippen LogP contribution is 2.27. The molecular formula is C24H25N3O. The fourth-order valence-electron chi connectivity index (χ4n) is 3.66. The van der Waals surface area contributed by atoms with Gasteiger partial charge >= 0.3 is 0 Å². The summed E-state index contributed by atoms with van der Waals surface area (Å²) in [5, 5.41) is 0. The van der Waals surface area contributed by atoms with E-state index in [1.807, 2.05) is 53.4 Å². The lowest BCUT2D eigenvalue weighted by Crippen LogP contribution is -2.35. The summed E-state index contributed by atoms with van der Waals surface area (Å²) >= 11 is 0. The van der Waals surface area contributed by atoms with Crippen molar-refractivity contribution in [3.63, 3.8) is 0 Å². The van der Waals surface area contributed by atoms with E-state index in [1.54, 1.807) is 6.20 Å². The first-order valence-corrected chi connectivity index (χ1v) is 9.93. The van der Waals surface area contributed by atoms with Gasteiger partial charge in [0, 0.05) is 37.1 Å². The fourth-order valence-corrected chi connectivity index (χ4v) is 3.66. The van der Waals surface area contributed by atoms with E-state index in [0.29, 0.717) is 12.1 Å². The van der Waals surface area contributed by atoms with Crippen molar-refractivity contribution in [1.82, 2.24) is 9.88 Å². The average Bonchev–Trinajstić information content (AvgIpc) is 2.79. The molecule has 0 atom stereocenters. The van der Waals surface area contributed by atoms with Crippen molar-refractivity contribution < 1.29 is 4.79 Å². The lowest BCUT2D eigenvalue weighted by Gasteiger charge is -2.28. The van der Waals surface area contributed by atoms with Crippen molar-refractivity contribution in [3.8, 4) is 0 Å². The number of aromatic nitrogens is 1. The first-order valence-electron chi connectivity index (χ1n) is 9.93. The quantitative estimate of drug-likeness (QED) is 0.630. The largest absolute Gasteiger partial charge is 0.339 e. The van der Waals surface area contributed by atoms with E-state index in [1.165, 1.54) is 12.0 Å². The molecule has 0 spiro atoms. The number of carbonyl (C=O) groups is 1. The molecule has 4 heteroatoms. The van der Waals surface area contributed by atoms with Crippen LogP contribution in [0.2, 0.25) is 0 Å². The monoisotopic (exact) mass is 371 g/mol. The molecule has 2 heterocycles. The number of pyridine rings is 1. The summed E-state index contributed by atoms with van der Waals surface area (Å²) in [7, 11) is 0. The van der Waals surface area contributed by atoms with Gasteiger partial charge in [-0.05, 0) is 49.1 Å². The molecule has 4 nitrogen and oxygen atoms in total. The molecule has 1 aliphatic heterocycles. The third-order valence-corrected chi connectivity index (χ3v) is 5.16. The smallest absolute Gasteiger partial charge is 0.254 e. The minimum Gasteiger partial charge on any atom is -0.339 e. The maximum absolute atomic E-state index is 12.9. The summed E-state index contributed by atoms with van der Waals surface area (Å²) in [6.07, 6.45) is 5.14. The maximum Gasteiger partial charge on any atom is 0.254 e. The Hall–Kier alpha value is -3.14. The third-order valence-electron chi connectivity index (χ3n) is 5.16. The van der Waals surface area contributed by atoms with Crippen LogP contribution in [0, 0.1) is 0 Å². The molecule has 1 fully saturated rings. The minimum absolute atomic E-state index is 0.107. The molecule has 2 aromatic carbocycles. The molecule has 0 N–H and O–H groups in total. The molecule has 3 aromatic rings. The van der Waals surface area contributed by atoms with Crippen LogP contribution in [-0.2, 0) is 6.54 Å². The number of rotatable bonds is 5. The van der Waals surface area contributed by atoms with Crippen molar-refractivity contribution in [2.24, 2.45) is 0 Å². The molecule has 4 rings (SSSR count). The number of carbonyl (C=O) groups excluding carboxylic acids is 1. The van der Waals surface area contributed by atoms with Crippen LogP contribution in [0.15, 0.2) is 79.0 Å². The Bertz CT molecular complexity index is 905. The number of likely N-dealkylation sites (tertiary alicyclic amines) is 1. The third kappa shape index (κ3) is 4.22. The second-order valence-corrected chi connectivity index (χ2v) is 7.16. The predicted octanol–water partition coefficient (Wildman–Crippen LogP) is 5.05. The van der Waals surface area contributed by atoms with Crippen LogP contribution < -0.4 is 4.90 Å².